The van der Waals surface area contributed by atoms with Crippen molar-refractivity contribution in [3.05, 3.63) is 52.5 Å². The van der Waals surface area contributed by atoms with Crippen LogP contribution in [0.4, 0.5) is 5.69 Å². The number of carbonyl (C=O) groups is 1. The first-order valence-corrected chi connectivity index (χ1v) is 7.00. The number of hydrogen-bond acceptors (Lipinski definition) is 5. The molecule has 120 valence electrons. The standard InChI is InChI=1S/C16H15ClN2O4/c1-9(12-8-11(23-2)4-6-15(12)20)18-19-14-7-10(16(21)22)3-5-13(14)17/h3-8,19-20H,1-2H3,(H,21,22)/b18-9+. The molecular weight excluding hydrogens is 320 g/mol. The number of benzene rings is 2. The number of phenols is 1. The molecule has 0 unspecified atom stereocenters. The highest BCUT2D eigenvalue weighted by Gasteiger charge is 2.09. The number of hydrogen-bond donors (Lipinski definition) is 3. The molecule has 2 aromatic rings. The van der Waals surface area contributed by atoms with Gasteiger partial charge < -0.3 is 14.9 Å². The van der Waals surface area contributed by atoms with Crippen molar-refractivity contribution >= 4 is 29.0 Å². The molecule has 0 radical (unpaired) electrons. The number of halogens is 1. The summed E-state index contributed by atoms with van der Waals surface area (Å²) < 4.78 is 5.11. The van der Waals surface area contributed by atoms with Gasteiger partial charge in [0.2, 0.25) is 0 Å². The monoisotopic (exact) mass is 334 g/mol. The maximum absolute atomic E-state index is 11.0. The molecule has 2 aromatic carbocycles. The van der Waals surface area contributed by atoms with E-state index in [4.69, 9.17) is 21.4 Å². The first kappa shape index (κ1) is 16.6. The maximum atomic E-state index is 11.0. The number of carboxylic acids is 1. The van der Waals surface area contributed by atoms with Gasteiger partial charge in [-0.2, -0.15) is 5.10 Å². The van der Waals surface area contributed by atoms with Crippen LogP contribution in [-0.2, 0) is 0 Å². The van der Waals surface area contributed by atoms with E-state index in [1.165, 1.54) is 31.4 Å². The number of nitrogens with zero attached hydrogens (tertiary/aromatic N) is 1. The Bertz CT molecular complexity index is 775. The molecular formula is C16H15ClN2O4. The van der Waals surface area contributed by atoms with E-state index in [9.17, 15) is 9.90 Å². The van der Waals surface area contributed by atoms with Gasteiger partial charge in [0.15, 0.2) is 0 Å². The van der Waals surface area contributed by atoms with Crippen molar-refractivity contribution in [2.45, 2.75) is 6.92 Å². The lowest BCUT2D eigenvalue weighted by atomic mass is 10.1. The topological polar surface area (TPSA) is 91.2 Å². The third-order valence-electron chi connectivity index (χ3n) is 3.15. The third kappa shape index (κ3) is 3.92. The molecule has 0 bridgehead atoms. The molecule has 0 spiro atoms. The number of aromatic carboxylic acids is 1. The summed E-state index contributed by atoms with van der Waals surface area (Å²) in [6.07, 6.45) is 0. The van der Waals surface area contributed by atoms with Gasteiger partial charge in [-0.15, -0.1) is 0 Å². The fourth-order valence-electron chi connectivity index (χ4n) is 1.88. The summed E-state index contributed by atoms with van der Waals surface area (Å²) in [5, 5.41) is 23.4. The normalized spacial score (nSPS) is 11.2. The van der Waals surface area contributed by atoms with Gasteiger partial charge in [0.05, 0.1) is 29.1 Å². The van der Waals surface area contributed by atoms with Crippen LogP contribution in [0.2, 0.25) is 5.02 Å². The Balaban J connectivity index is 2.29. The molecule has 0 saturated carbocycles. The summed E-state index contributed by atoms with van der Waals surface area (Å²) in [5.74, 6) is -0.423. The SMILES string of the molecule is COc1ccc(O)c(/C(C)=N/Nc2cc(C(=O)O)ccc2Cl)c1. The Morgan fingerprint density at radius 2 is 2.00 bits per heavy atom. The molecule has 2 rings (SSSR count). The Kier molecular flexibility index (Phi) is 5.08. The number of anilines is 1. The fraction of sp³-hybridized carbons (Fsp3) is 0.125. The second-order valence-corrected chi connectivity index (χ2v) is 5.10. The van der Waals surface area contributed by atoms with Crippen LogP contribution in [0.5, 0.6) is 11.5 Å². The smallest absolute Gasteiger partial charge is 0.335 e. The zero-order chi connectivity index (χ0) is 17.0. The van der Waals surface area contributed by atoms with E-state index in [-0.39, 0.29) is 11.3 Å². The van der Waals surface area contributed by atoms with E-state index >= 15 is 0 Å². The minimum atomic E-state index is -1.06. The molecule has 0 atom stereocenters. The zero-order valence-corrected chi connectivity index (χ0v) is 13.3. The molecule has 0 aromatic heterocycles. The van der Waals surface area contributed by atoms with Crippen LogP contribution in [0, 0.1) is 0 Å². The first-order valence-electron chi connectivity index (χ1n) is 6.63. The summed E-state index contributed by atoms with van der Waals surface area (Å²) in [6, 6.07) is 9.04. The molecule has 7 heteroatoms. The number of methoxy groups -OCH3 is 1. The predicted molar refractivity (Wildman–Crippen MR) is 88.9 cm³/mol. The van der Waals surface area contributed by atoms with Crippen LogP contribution in [0.25, 0.3) is 0 Å². The second kappa shape index (κ2) is 7.02. The van der Waals surface area contributed by atoms with Gasteiger partial charge in [-0.05, 0) is 43.3 Å². The van der Waals surface area contributed by atoms with E-state index in [1.54, 1.807) is 19.1 Å². The van der Waals surface area contributed by atoms with Gasteiger partial charge >= 0.3 is 5.97 Å². The average Bonchev–Trinajstić information content (AvgIpc) is 2.54. The van der Waals surface area contributed by atoms with Crippen molar-refractivity contribution in [3.63, 3.8) is 0 Å². The number of phenolic OH excluding ortho intramolecular Hbond substituents is 1. The quantitative estimate of drug-likeness (QED) is 0.574. The lowest BCUT2D eigenvalue weighted by Crippen LogP contribution is -2.02. The van der Waals surface area contributed by atoms with Crippen molar-refractivity contribution in [3.8, 4) is 11.5 Å². The van der Waals surface area contributed by atoms with Crippen molar-refractivity contribution in [1.29, 1.82) is 0 Å². The number of rotatable bonds is 5. The van der Waals surface area contributed by atoms with Crippen LogP contribution < -0.4 is 10.2 Å². The zero-order valence-electron chi connectivity index (χ0n) is 12.5. The van der Waals surface area contributed by atoms with Crippen molar-refractivity contribution in [2.24, 2.45) is 5.10 Å². The molecule has 0 saturated heterocycles. The Morgan fingerprint density at radius 1 is 1.26 bits per heavy atom. The Morgan fingerprint density at radius 3 is 2.65 bits per heavy atom. The second-order valence-electron chi connectivity index (χ2n) is 4.69. The summed E-state index contributed by atoms with van der Waals surface area (Å²) in [6.45, 7) is 1.69. The molecule has 23 heavy (non-hydrogen) atoms. The lowest BCUT2D eigenvalue weighted by molar-refractivity contribution is 0.0697. The van der Waals surface area contributed by atoms with Gasteiger partial charge in [0, 0.05) is 5.56 Å². The predicted octanol–water partition coefficient (Wildman–Crippen LogP) is 3.59. The van der Waals surface area contributed by atoms with Crippen LogP contribution in [0.1, 0.15) is 22.8 Å². The number of carboxylic acid groups (broad SMARTS) is 1. The number of hydrazone groups is 1. The van der Waals surface area contributed by atoms with Crippen LogP contribution in [0.15, 0.2) is 41.5 Å². The van der Waals surface area contributed by atoms with E-state index in [1.807, 2.05) is 0 Å². The number of ether oxygens (including phenoxy) is 1. The van der Waals surface area contributed by atoms with E-state index in [0.717, 1.165) is 0 Å². The molecule has 0 aliphatic rings. The minimum Gasteiger partial charge on any atom is -0.507 e. The maximum Gasteiger partial charge on any atom is 0.335 e. The van der Waals surface area contributed by atoms with Crippen molar-refractivity contribution in [1.82, 2.24) is 0 Å². The Hall–Kier alpha value is -2.73. The van der Waals surface area contributed by atoms with Gasteiger partial charge in [-0.25, -0.2) is 4.79 Å². The van der Waals surface area contributed by atoms with E-state index in [2.05, 4.69) is 10.5 Å². The summed E-state index contributed by atoms with van der Waals surface area (Å²) >= 11 is 6.02. The fourth-order valence-corrected chi connectivity index (χ4v) is 2.04. The largest absolute Gasteiger partial charge is 0.507 e. The minimum absolute atomic E-state index is 0.0548. The number of nitrogens with one attached hydrogen (secondary N) is 1. The van der Waals surface area contributed by atoms with Gasteiger partial charge in [-0.3, -0.25) is 5.43 Å². The molecule has 0 aliphatic carbocycles. The summed E-state index contributed by atoms with van der Waals surface area (Å²) in [5.41, 5.74) is 4.13. The highest BCUT2D eigenvalue weighted by Crippen LogP contribution is 2.25. The van der Waals surface area contributed by atoms with Crippen molar-refractivity contribution < 1.29 is 19.7 Å². The molecule has 6 nitrogen and oxygen atoms in total. The first-order chi connectivity index (χ1) is 10.9. The average molecular weight is 335 g/mol. The van der Waals surface area contributed by atoms with E-state index in [0.29, 0.717) is 27.7 Å². The molecule has 0 amide bonds. The molecule has 0 fully saturated rings. The third-order valence-corrected chi connectivity index (χ3v) is 3.48. The summed E-state index contributed by atoms with van der Waals surface area (Å²) in [7, 11) is 1.53. The molecule has 0 heterocycles. The van der Waals surface area contributed by atoms with Gasteiger partial charge in [0.1, 0.15) is 11.5 Å². The van der Waals surface area contributed by atoms with Crippen LogP contribution >= 0.6 is 11.6 Å². The molecule has 0 aliphatic heterocycles. The highest BCUT2D eigenvalue weighted by atomic mass is 35.5. The van der Waals surface area contributed by atoms with Crippen LogP contribution in [-0.4, -0.2) is 29.0 Å². The molecule has 3 N–H and O–H groups in total. The Labute approximate surface area is 138 Å². The highest BCUT2D eigenvalue weighted by molar-refractivity contribution is 6.33. The lowest BCUT2D eigenvalue weighted by Gasteiger charge is -2.09. The van der Waals surface area contributed by atoms with E-state index < -0.39 is 5.97 Å². The van der Waals surface area contributed by atoms with Crippen LogP contribution in [0.3, 0.4) is 0 Å². The summed E-state index contributed by atoms with van der Waals surface area (Å²) in [4.78, 5) is 11.0. The van der Waals surface area contributed by atoms with Crippen molar-refractivity contribution in [2.75, 3.05) is 12.5 Å². The van der Waals surface area contributed by atoms with Gasteiger partial charge in [0.25, 0.3) is 0 Å². The number of aromatic hydroxyl groups is 1. The van der Waals surface area contributed by atoms with Gasteiger partial charge in [-0.1, -0.05) is 11.6 Å².